The Kier molecular flexibility index (Phi) is 3.76. The van der Waals surface area contributed by atoms with Gasteiger partial charge in [0.15, 0.2) is 10.8 Å². The fraction of sp³-hybridized carbons (Fsp3) is 0.0588. The third-order valence-electron chi connectivity index (χ3n) is 3.39. The lowest BCUT2D eigenvalue weighted by molar-refractivity contribution is 0.0942. The number of fused-ring (bicyclic) bond motifs is 1. The van der Waals surface area contributed by atoms with Crippen LogP contribution < -0.4 is 5.32 Å². The smallest absolute Gasteiger partial charge is 0.271 e. The summed E-state index contributed by atoms with van der Waals surface area (Å²) in [6, 6.07) is 11.6. The molecule has 0 unspecified atom stereocenters. The maximum Gasteiger partial charge on any atom is 0.271 e. The Hall–Kier alpha value is -3.06. The third kappa shape index (κ3) is 2.89. The molecule has 7 heteroatoms. The second kappa shape index (κ2) is 6.21. The number of hydrogen-bond donors (Lipinski definition) is 1. The molecule has 0 saturated heterocycles. The summed E-state index contributed by atoms with van der Waals surface area (Å²) in [6.45, 7) is 0.278. The Labute approximate surface area is 141 Å². The molecule has 1 amide bonds. The van der Waals surface area contributed by atoms with E-state index >= 15 is 0 Å². The van der Waals surface area contributed by atoms with Gasteiger partial charge in [0.05, 0.1) is 23.0 Å². The number of hydrogen-bond acceptors (Lipinski definition) is 6. The largest absolute Gasteiger partial charge is 0.457 e. The summed E-state index contributed by atoms with van der Waals surface area (Å²) >= 11 is 1.57. The highest BCUT2D eigenvalue weighted by Gasteiger charge is 2.12. The first-order chi connectivity index (χ1) is 11.8. The van der Waals surface area contributed by atoms with Gasteiger partial charge >= 0.3 is 0 Å². The van der Waals surface area contributed by atoms with Gasteiger partial charge in [-0.05, 0) is 24.3 Å². The van der Waals surface area contributed by atoms with Gasteiger partial charge in [0.2, 0.25) is 0 Å². The quantitative estimate of drug-likeness (QED) is 0.618. The molecular formula is C17H12N4O2S. The van der Waals surface area contributed by atoms with Crippen LogP contribution in [0.4, 0.5) is 0 Å². The molecule has 118 valence electrons. The minimum atomic E-state index is -0.291. The summed E-state index contributed by atoms with van der Waals surface area (Å²) in [5.41, 5.74) is 1.22. The minimum absolute atomic E-state index is 0.274. The number of nitrogens with one attached hydrogen (secondary N) is 1. The van der Waals surface area contributed by atoms with Crippen LogP contribution in [0.25, 0.3) is 21.0 Å². The highest BCUT2D eigenvalue weighted by molar-refractivity contribution is 7.21. The summed E-state index contributed by atoms with van der Waals surface area (Å²) in [4.78, 5) is 24.3. The molecule has 0 aliphatic carbocycles. The minimum Gasteiger partial charge on any atom is -0.457 e. The molecule has 0 atom stereocenters. The van der Waals surface area contributed by atoms with Crippen LogP contribution in [0.15, 0.2) is 59.4 Å². The van der Waals surface area contributed by atoms with E-state index in [1.165, 1.54) is 18.6 Å². The van der Waals surface area contributed by atoms with E-state index < -0.39 is 0 Å². The number of para-hydroxylation sites is 1. The van der Waals surface area contributed by atoms with Crippen molar-refractivity contribution in [1.29, 1.82) is 0 Å². The first kappa shape index (κ1) is 14.5. The molecule has 0 saturated carbocycles. The van der Waals surface area contributed by atoms with E-state index in [0.717, 1.165) is 15.2 Å². The van der Waals surface area contributed by atoms with Crippen LogP contribution in [0.1, 0.15) is 16.2 Å². The van der Waals surface area contributed by atoms with Gasteiger partial charge in [-0.2, -0.15) is 0 Å². The van der Waals surface area contributed by atoms with Gasteiger partial charge in [0, 0.05) is 12.4 Å². The molecular weight excluding hydrogens is 324 g/mol. The number of aromatic nitrogens is 3. The summed E-state index contributed by atoms with van der Waals surface area (Å²) in [6.07, 6.45) is 4.42. The molecule has 1 aromatic carbocycles. The topological polar surface area (TPSA) is 80.9 Å². The van der Waals surface area contributed by atoms with Crippen LogP contribution in [0.5, 0.6) is 0 Å². The van der Waals surface area contributed by atoms with Gasteiger partial charge < -0.3 is 9.73 Å². The van der Waals surface area contributed by atoms with Crippen LogP contribution in [-0.2, 0) is 6.54 Å². The zero-order valence-electron chi connectivity index (χ0n) is 12.5. The highest BCUT2D eigenvalue weighted by atomic mass is 32.1. The standard InChI is InChI=1S/C17H12N4O2S/c22-16(13-10-18-7-8-19-13)20-9-11-5-6-14(23-11)17-21-12-3-1-2-4-15(12)24-17/h1-8,10H,9H2,(H,20,22). The van der Waals surface area contributed by atoms with Crippen molar-refractivity contribution in [1.82, 2.24) is 20.3 Å². The number of nitrogens with zero attached hydrogens (tertiary/aromatic N) is 3. The number of rotatable bonds is 4. The maximum absolute atomic E-state index is 11.9. The van der Waals surface area contributed by atoms with Gasteiger partial charge in [0.1, 0.15) is 11.5 Å². The fourth-order valence-corrected chi connectivity index (χ4v) is 3.17. The van der Waals surface area contributed by atoms with E-state index in [2.05, 4.69) is 20.3 Å². The van der Waals surface area contributed by atoms with Crippen molar-refractivity contribution in [2.45, 2.75) is 6.54 Å². The van der Waals surface area contributed by atoms with Crippen LogP contribution in [-0.4, -0.2) is 20.9 Å². The van der Waals surface area contributed by atoms with Gasteiger partial charge in [-0.1, -0.05) is 12.1 Å². The van der Waals surface area contributed by atoms with Gasteiger partial charge in [0.25, 0.3) is 5.91 Å². The van der Waals surface area contributed by atoms with E-state index in [-0.39, 0.29) is 18.1 Å². The molecule has 1 N–H and O–H groups in total. The Morgan fingerprint density at radius 3 is 2.92 bits per heavy atom. The number of carbonyl (C=O) groups excluding carboxylic acids is 1. The summed E-state index contributed by atoms with van der Waals surface area (Å²) in [5, 5.41) is 3.58. The molecule has 0 aliphatic rings. The number of benzene rings is 1. The van der Waals surface area contributed by atoms with Crippen molar-refractivity contribution in [3.05, 3.63) is 66.4 Å². The van der Waals surface area contributed by atoms with Gasteiger partial charge in [-0.3, -0.25) is 9.78 Å². The lowest BCUT2D eigenvalue weighted by atomic mass is 10.3. The van der Waals surface area contributed by atoms with Crippen molar-refractivity contribution in [3.63, 3.8) is 0 Å². The number of thiazole rings is 1. The Morgan fingerprint density at radius 1 is 1.17 bits per heavy atom. The Balaban J connectivity index is 1.48. The predicted octanol–water partition coefficient (Wildman–Crippen LogP) is 3.28. The first-order valence-electron chi connectivity index (χ1n) is 7.28. The lowest BCUT2D eigenvalue weighted by Crippen LogP contribution is -2.23. The van der Waals surface area contributed by atoms with Crippen LogP contribution in [0, 0.1) is 0 Å². The zero-order chi connectivity index (χ0) is 16.4. The average molecular weight is 336 g/mol. The van der Waals surface area contributed by atoms with Crippen molar-refractivity contribution < 1.29 is 9.21 Å². The summed E-state index contributed by atoms with van der Waals surface area (Å²) < 4.78 is 6.90. The number of furan rings is 1. The molecule has 4 aromatic rings. The van der Waals surface area contributed by atoms with Crippen molar-refractivity contribution in [3.8, 4) is 10.8 Å². The van der Waals surface area contributed by atoms with E-state index in [9.17, 15) is 4.79 Å². The Bertz CT molecular complexity index is 961. The van der Waals surface area contributed by atoms with E-state index in [1.807, 2.05) is 36.4 Å². The number of amides is 1. The molecule has 4 rings (SSSR count). The first-order valence-corrected chi connectivity index (χ1v) is 8.10. The molecule has 0 spiro atoms. The predicted molar refractivity (Wildman–Crippen MR) is 90.5 cm³/mol. The monoisotopic (exact) mass is 336 g/mol. The molecule has 0 fully saturated rings. The highest BCUT2D eigenvalue weighted by Crippen LogP contribution is 2.31. The van der Waals surface area contributed by atoms with Crippen molar-refractivity contribution in [2.24, 2.45) is 0 Å². The number of carbonyl (C=O) groups is 1. The molecule has 6 nitrogen and oxygen atoms in total. The summed E-state index contributed by atoms with van der Waals surface area (Å²) in [7, 11) is 0. The van der Waals surface area contributed by atoms with Crippen LogP contribution in [0.2, 0.25) is 0 Å². The molecule has 0 aliphatic heterocycles. The Morgan fingerprint density at radius 2 is 2.08 bits per heavy atom. The average Bonchev–Trinajstić information content (AvgIpc) is 3.27. The van der Waals surface area contributed by atoms with Crippen molar-refractivity contribution in [2.75, 3.05) is 0 Å². The van der Waals surface area contributed by atoms with E-state index in [1.54, 1.807) is 11.3 Å². The van der Waals surface area contributed by atoms with E-state index in [4.69, 9.17) is 4.42 Å². The normalized spacial score (nSPS) is 10.8. The van der Waals surface area contributed by atoms with Gasteiger partial charge in [-0.25, -0.2) is 9.97 Å². The van der Waals surface area contributed by atoms with Crippen LogP contribution >= 0.6 is 11.3 Å². The maximum atomic E-state index is 11.9. The SMILES string of the molecule is O=C(NCc1ccc(-c2nc3ccccc3s2)o1)c1cnccn1. The third-order valence-corrected chi connectivity index (χ3v) is 4.44. The van der Waals surface area contributed by atoms with Crippen molar-refractivity contribution >= 4 is 27.5 Å². The molecule has 0 radical (unpaired) electrons. The second-order valence-corrected chi connectivity index (χ2v) is 6.06. The summed E-state index contributed by atoms with van der Waals surface area (Å²) in [5.74, 6) is 1.06. The van der Waals surface area contributed by atoms with Crippen LogP contribution in [0.3, 0.4) is 0 Å². The molecule has 3 heterocycles. The van der Waals surface area contributed by atoms with Gasteiger partial charge in [-0.15, -0.1) is 11.3 Å². The molecule has 0 bridgehead atoms. The zero-order valence-corrected chi connectivity index (χ0v) is 13.3. The fourth-order valence-electron chi connectivity index (χ4n) is 2.24. The molecule has 3 aromatic heterocycles. The molecule has 24 heavy (non-hydrogen) atoms. The second-order valence-electron chi connectivity index (χ2n) is 5.03. The van der Waals surface area contributed by atoms with E-state index in [0.29, 0.717) is 11.5 Å². The lowest BCUT2D eigenvalue weighted by Gasteiger charge is -2.01.